The van der Waals surface area contributed by atoms with E-state index in [9.17, 15) is 43.5 Å². The van der Waals surface area contributed by atoms with E-state index in [1.165, 1.54) is 0 Å². The Kier molecular flexibility index (Phi) is 4.48. The smallest absolute Gasteiger partial charge is 0.399 e. The Balaban J connectivity index is 2.51. The molecule has 0 radical (unpaired) electrons. The van der Waals surface area contributed by atoms with Gasteiger partial charge in [0.2, 0.25) is 5.75 Å². The molecule has 0 N–H and O–H groups in total. The highest BCUT2D eigenvalue weighted by molar-refractivity contribution is 7.88. The van der Waals surface area contributed by atoms with Crippen LogP contribution >= 0.6 is 0 Å². The van der Waals surface area contributed by atoms with Crippen LogP contribution in [0.3, 0.4) is 0 Å². The van der Waals surface area contributed by atoms with Gasteiger partial charge in [0.05, 0.1) is 0 Å². The quantitative estimate of drug-likeness (QED) is 0.442. The normalized spacial score (nSPS) is 13.1. The Labute approximate surface area is 133 Å². The van der Waals surface area contributed by atoms with Crippen LogP contribution in [-0.4, -0.2) is 20.3 Å². The van der Waals surface area contributed by atoms with Crippen molar-refractivity contribution in [3.05, 3.63) is 35.9 Å². The minimum Gasteiger partial charge on any atom is -0.399 e. The van der Waals surface area contributed by atoms with Gasteiger partial charge in [-0.15, -0.1) is 13.2 Å². The Hall–Kier alpha value is -2.31. The number of alkyl halides is 6. The second-order valence-corrected chi connectivity index (χ2v) is 5.95. The van der Waals surface area contributed by atoms with Crippen molar-refractivity contribution in [1.82, 2.24) is 0 Å². The first-order chi connectivity index (χ1) is 11.2. The van der Waals surface area contributed by atoms with Crippen molar-refractivity contribution in [3.63, 3.8) is 0 Å². The second kappa shape index (κ2) is 5.89. The summed E-state index contributed by atoms with van der Waals surface area (Å²) in [5.41, 5.74) is -5.75. The minimum absolute atomic E-state index is 0.312. The molecule has 0 aliphatic heterocycles. The van der Waals surface area contributed by atoms with Gasteiger partial charge in [-0.2, -0.15) is 21.6 Å². The summed E-state index contributed by atoms with van der Waals surface area (Å²) in [6.45, 7) is 0. The molecule has 0 fully saturated rings. The summed E-state index contributed by atoms with van der Waals surface area (Å²) in [7, 11) is -6.03. The molecule has 138 valence electrons. The molecule has 0 aliphatic carbocycles. The van der Waals surface area contributed by atoms with Crippen molar-refractivity contribution in [2.24, 2.45) is 0 Å². The number of hydrogen-bond acceptors (Lipinski definition) is 4. The van der Waals surface area contributed by atoms with Crippen LogP contribution in [0.1, 0.15) is 0 Å². The zero-order chi connectivity index (χ0) is 19.2. The Morgan fingerprint density at radius 2 is 1.52 bits per heavy atom. The lowest BCUT2D eigenvalue weighted by Crippen LogP contribution is -2.28. The fourth-order valence-electron chi connectivity index (χ4n) is 1.72. The number of ether oxygens (including phenoxy) is 1. The maximum Gasteiger partial charge on any atom is 0.573 e. The van der Waals surface area contributed by atoms with E-state index < -0.39 is 55.9 Å². The molecular formula is C12H4F8O4S. The van der Waals surface area contributed by atoms with E-state index in [4.69, 9.17) is 0 Å². The maximum absolute atomic E-state index is 13.9. The fourth-order valence-corrected chi connectivity index (χ4v) is 2.18. The molecule has 2 rings (SSSR count). The van der Waals surface area contributed by atoms with Gasteiger partial charge in [-0.25, -0.2) is 8.78 Å². The topological polar surface area (TPSA) is 52.6 Å². The summed E-state index contributed by atoms with van der Waals surface area (Å²) >= 11 is 0. The molecular weight excluding hydrogens is 392 g/mol. The zero-order valence-electron chi connectivity index (χ0n) is 11.4. The predicted octanol–water partition coefficient (Wildman–Crippen LogP) is 4.25. The number of hydrogen-bond donors (Lipinski definition) is 0. The van der Waals surface area contributed by atoms with Gasteiger partial charge in [0, 0.05) is 5.39 Å². The summed E-state index contributed by atoms with van der Waals surface area (Å²) in [5, 5.41) is -1.23. The van der Waals surface area contributed by atoms with Crippen LogP contribution in [-0.2, 0) is 10.1 Å². The van der Waals surface area contributed by atoms with Gasteiger partial charge >= 0.3 is 22.0 Å². The lowest BCUT2D eigenvalue weighted by atomic mass is 10.1. The lowest BCUT2D eigenvalue weighted by molar-refractivity contribution is -0.276. The van der Waals surface area contributed by atoms with Crippen molar-refractivity contribution < 1.29 is 52.5 Å². The van der Waals surface area contributed by atoms with Crippen molar-refractivity contribution >= 4 is 20.9 Å². The predicted molar refractivity (Wildman–Crippen MR) is 66.1 cm³/mol. The standard InChI is InChI=1S/C12H4F8O4S/c13-8-4-5-3-6(24-25(21,22)12(18,19)20)1-2-7(5)9(14)10(8)23-11(15,16)17/h1-4H. The highest BCUT2D eigenvalue weighted by Crippen LogP contribution is 2.35. The monoisotopic (exact) mass is 396 g/mol. The summed E-state index contributed by atoms with van der Waals surface area (Å²) in [5.74, 6) is -6.31. The third-order valence-corrected chi connectivity index (χ3v) is 3.64. The van der Waals surface area contributed by atoms with Crippen LogP contribution in [0.4, 0.5) is 35.1 Å². The summed E-state index contributed by atoms with van der Waals surface area (Å²) in [6, 6.07) is 1.97. The summed E-state index contributed by atoms with van der Waals surface area (Å²) in [4.78, 5) is 0. The van der Waals surface area contributed by atoms with Crippen LogP contribution in [0, 0.1) is 11.6 Å². The van der Waals surface area contributed by atoms with Gasteiger partial charge in [-0.1, -0.05) is 0 Å². The lowest BCUT2D eigenvalue weighted by Gasteiger charge is -2.13. The van der Waals surface area contributed by atoms with Crippen molar-refractivity contribution in [2.45, 2.75) is 11.9 Å². The molecule has 13 heteroatoms. The Bertz CT molecular complexity index is 917. The van der Waals surface area contributed by atoms with E-state index in [1.54, 1.807) is 0 Å². The number of halogens is 8. The molecule has 0 unspecified atom stereocenters. The van der Waals surface area contributed by atoms with E-state index >= 15 is 0 Å². The molecule has 0 aliphatic rings. The Morgan fingerprint density at radius 3 is 2.04 bits per heavy atom. The van der Waals surface area contributed by atoms with E-state index in [1.807, 2.05) is 0 Å². The third-order valence-electron chi connectivity index (χ3n) is 2.67. The molecule has 0 aromatic heterocycles. The first-order valence-corrected chi connectivity index (χ1v) is 7.30. The molecule has 25 heavy (non-hydrogen) atoms. The van der Waals surface area contributed by atoms with Gasteiger partial charge in [0.1, 0.15) is 5.75 Å². The van der Waals surface area contributed by atoms with Crippen LogP contribution in [0.25, 0.3) is 10.8 Å². The molecule has 0 saturated heterocycles. The largest absolute Gasteiger partial charge is 0.573 e. The van der Waals surface area contributed by atoms with Crippen molar-refractivity contribution in [3.8, 4) is 11.5 Å². The minimum atomic E-state index is -6.03. The molecule has 0 bridgehead atoms. The molecule has 2 aromatic rings. The fraction of sp³-hybridized carbons (Fsp3) is 0.167. The van der Waals surface area contributed by atoms with Crippen molar-refractivity contribution in [2.75, 3.05) is 0 Å². The third kappa shape index (κ3) is 4.03. The second-order valence-electron chi connectivity index (χ2n) is 4.42. The molecule has 0 amide bonds. The van der Waals surface area contributed by atoms with Crippen LogP contribution in [0.15, 0.2) is 24.3 Å². The highest BCUT2D eigenvalue weighted by atomic mass is 32.2. The van der Waals surface area contributed by atoms with Crippen LogP contribution in [0.5, 0.6) is 11.5 Å². The van der Waals surface area contributed by atoms with Gasteiger partial charge in [-0.3, -0.25) is 0 Å². The SMILES string of the molecule is O=S(=O)(Oc1ccc2c(F)c(OC(F)(F)F)c(F)cc2c1)C(F)(F)F. The first kappa shape index (κ1) is 19.0. The van der Waals surface area contributed by atoms with Crippen LogP contribution < -0.4 is 8.92 Å². The molecule has 0 atom stereocenters. The first-order valence-electron chi connectivity index (χ1n) is 5.89. The molecule has 2 aromatic carbocycles. The van der Waals surface area contributed by atoms with Crippen LogP contribution in [0.2, 0.25) is 0 Å². The van der Waals surface area contributed by atoms with Crippen molar-refractivity contribution in [1.29, 1.82) is 0 Å². The van der Waals surface area contributed by atoms with E-state index in [0.29, 0.717) is 24.3 Å². The highest BCUT2D eigenvalue weighted by Gasteiger charge is 2.48. The maximum atomic E-state index is 13.9. The average Bonchev–Trinajstić information content (AvgIpc) is 2.40. The molecule has 4 nitrogen and oxygen atoms in total. The van der Waals surface area contributed by atoms with Gasteiger partial charge < -0.3 is 8.92 Å². The zero-order valence-corrected chi connectivity index (χ0v) is 12.2. The van der Waals surface area contributed by atoms with E-state index in [0.717, 1.165) is 0 Å². The number of benzene rings is 2. The number of fused-ring (bicyclic) bond motifs is 1. The Morgan fingerprint density at radius 1 is 0.920 bits per heavy atom. The molecule has 0 heterocycles. The van der Waals surface area contributed by atoms with E-state index in [-0.39, 0.29) is 0 Å². The van der Waals surface area contributed by atoms with E-state index in [2.05, 4.69) is 8.92 Å². The molecule has 0 saturated carbocycles. The summed E-state index contributed by atoms with van der Waals surface area (Å²) in [6.07, 6.45) is -5.39. The van der Waals surface area contributed by atoms with Gasteiger partial charge in [0.15, 0.2) is 11.6 Å². The summed E-state index contributed by atoms with van der Waals surface area (Å²) < 4.78 is 129. The molecule has 0 spiro atoms. The van der Waals surface area contributed by atoms with Gasteiger partial charge in [0.25, 0.3) is 0 Å². The van der Waals surface area contributed by atoms with Gasteiger partial charge in [-0.05, 0) is 29.7 Å². The average molecular weight is 396 g/mol. The number of rotatable bonds is 3.